The molecular formula is C27H33ClFN7O. The number of halogens is 2. The predicted molar refractivity (Wildman–Crippen MR) is 146 cm³/mol. The Balaban J connectivity index is 1.62. The van der Waals surface area contributed by atoms with Gasteiger partial charge in [0.1, 0.15) is 16.9 Å². The number of nitrogens with one attached hydrogen (secondary N) is 1. The second-order valence-corrected chi connectivity index (χ2v) is 11.4. The number of nitrogens with zero attached hydrogens (tertiary/aromatic N) is 6. The molecule has 1 amide bonds. The standard InChI is InChI=1S/C27H33ClFN7O/c1-6-14-9-17(28)22(29)23-21(14)26-24(27(32-23)35-12-16(13-35)33(2)3)31-19(7-8-20(37)34(4)5)36(26)25-15-10-18(25)30-11-15/h6,9,15-16,18,25,30H,1,7-8,10-13H2,2-5H3. The molecule has 1 aromatic carbocycles. The highest BCUT2D eigenvalue weighted by atomic mass is 35.5. The summed E-state index contributed by atoms with van der Waals surface area (Å²) in [6.45, 7) is 6.52. The van der Waals surface area contributed by atoms with Crippen LogP contribution >= 0.6 is 11.6 Å². The lowest BCUT2D eigenvalue weighted by atomic mass is 9.79. The maximum absolute atomic E-state index is 15.6. The van der Waals surface area contributed by atoms with Crippen LogP contribution < -0.4 is 10.2 Å². The quantitative estimate of drug-likeness (QED) is 0.510. The van der Waals surface area contributed by atoms with Gasteiger partial charge in [0.25, 0.3) is 0 Å². The van der Waals surface area contributed by atoms with E-state index in [0.29, 0.717) is 42.0 Å². The van der Waals surface area contributed by atoms with Gasteiger partial charge in [-0.25, -0.2) is 14.4 Å². The molecule has 0 radical (unpaired) electrons. The zero-order valence-corrected chi connectivity index (χ0v) is 22.5. The molecule has 37 heavy (non-hydrogen) atoms. The van der Waals surface area contributed by atoms with E-state index in [1.54, 1.807) is 31.1 Å². The first-order valence-corrected chi connectivity index (χ1v) is 13.3. The molecule has 8 nitrogen and oxygen atoms in total. The average molecular weight is 526 g/mol. The van der Waals surface area contributed by atoms with Crippen LogP contribution in [0, 0.1) is 11.7 Å². The number of rotatable bonds is 7. The fraction of sp³-hybridized carbons (Fsp3) is 0.519. The Morgan fingerprint density at radius 1 is 1.27 bits per heavy atom. The van der Waals surface area contributed by atoms with E-state index in [0.717, 1.165) is 48.5 Å². The molecule has 3 aliphatic heterocycles. The molecule has 1 saturated carbocycles. The second kappa shape index (κ2) is 8.92. The van der Waals surface area contributed by atoms with Gasteiger partial charge in [0.2, 0.25) is 5.91 Å². The maximum Gasteiger partial charge on any atom is 0.222 e. The summed E-state index contributed by atoms with van der Waals surface area (Å²) in [6.07, 6.45) is 3.68. The highest BCUT2D eigenvalue weighted by Crippen LogP contribution is 2.48. The van der Waals surface area contributed by atoms with E-state index in [1.807, 2.05) is 0 Å². The highest BCUT2D eigenvalue weighted by molar-refractivity contribution is 6.32. The van der Waals surface area contributed by atoms with Crippen LogP contribution in [0.25, 0.3) is 28.0 Å². The van der Waals surface area contributed by atoms with Gasteiger partial charge >= 0.3 is 0 Å². The minimum atomic E-state index is -0.526. The Kier molecular flexibility index (Phi) is 5.93. The molecule has 10 heteroatoms. The van der Waals surface area contributed by atoms with Crippen LogP contribution in [0.4, 0.5) is 10.2 Å². The molecule has 0 spiro atoms. The number of hydrogen-bond donors (Lipinski definition) is 1. The largest absolute Gasteiger partial charge is 0.351 e. The summed E-state index contributed by atoms with van der Waals surface area (Å²) >= 11 is 6.33. The first-order chi connectivity index (χ1) is 17.7. The number of imidazole rings is 1. The number of amides is 1. The van der Waals surface area contributed by atoms with Gasteiger partial charge in [0.05, 0.1) is 16.6 Å². The monoisotopic (exact) mass is 525 g/mol. The van der Waals surface area contributed by atoms with Crippen molar-refractivity contribution in [1.82, 2.24) is 29.7 Å². The molecule has 1 N–H and O–H groups in total. The summed E-state index contributed by atoms with van der Waals surface area (Å²) in [5.41, 5.74) is 2.61. The maximum atomic E-state index is 15.6. The molecule has 5 heterocycles. The van der Waals surface area contributed by atoms with Crippen LogP contribution in [0.3, 0.4) is 0 Å². The Labute approximate surface area is 221 Å². The third kappa shape index (κ3) is 3.73. The zero-order valence-electron chi connectivity index (χ0n) is 21.8. The lowest BCUT2D eigenvalue weighted by molar-refractivity contribution is -0.128. The fourth-order valence-corrected chi connectivity index (χ4v) is 6.34. The number of aromatic nitrogens is 3. The Morgan fingerprint density at radius 2 is 2.03 bits per heavy atom. The highest BCUT2D eigenvalue weighted by Gasteiger charge is 2.49. The molecular weight excluding hydrogens is 493 g/mol. The van der Waals surface area contributed by atoms with Crippen molar-refractivity contribution in [3.05, 3.63) is 34.9 Å². The van der Waals surface area contributed by atoms with Crippen molar-refractivity contribution in [3.63, 3.8) is 0 Å². The first-order valence-electron chi connectivity index (χ1n) is 12.9. The minimum Gasteiger partial charge on any atom is -0.351 e. The van der Waals surface area contributed by atoms with Crippen molar-refractivity contribution in [2.45, 2.75) is 37.4 Å². The number of aryl methyl sites for hydroxylation is 1. The van der Waals surface area contributed by atoms with E-state index in [1.165, 1.54) is 0 Å². The van der Waals surface area contributed by atoms with Crippen molar-refractivity contribution in [3.8, 4) is 0 Å². The van der Waals surface area contributed by atoms with Crippen LogP contribution in [0.15, 0.2) is 12.6 Å². The summed E-state index contributed by atoms with van der Waals surface area (Å²) in [7, 11) is 7.67. The van der Waals surface area contributed by atoms with Gasteiger partial charge in [0, 0.05) is 64.0 Å². The van der Waals surface area contributed by atoms with Gasteiger partial charge in [-0.15, -0.1) is 0 Å². The third-order valence-corrected chi connectivity index (χ3v) is 8.72. The van der Waals surface area contributed by atoms with Crippen molar-refractivity contribution in [2.75, 3.05) is 52.7 Å². The van der Waals surface area contributed by atoms with Crippen molar-refractivity contribution < 1.29 is 9.18 Å². The smallest absolute Gasteiger partial charge is 0.222 e. The van der Waals surface area contributed by atoms with E-state index < -0.39 is 5.82 Å². The molecule has 3 atom stereocenters. The molecule has 4 aliphatic rings. The summed E-state index contributed by atoms with van der Waals surface area (Å²) in [6, 6.07) is 2.56. The molecule has 196 valence electrons. The number of hydrogen-bond acceptors (Lipinski definition) is 6. The van der Waals surface area contributed by atoms with Gasteiger partial charge < -0.3 is 24.6 Å². The second-order valence-electron chi connectivity index (χ2n) is 11.0. The van der Waals surface area contributed by atoms with Crippen LogP contribution in [0.2, 0.25) is 5.02 Å². The van der Waals surface area contributed by atoms with Crippen molar-refractivity contribution in [2.24, 2.45) is 5.92 Å². The number of likely N-dealkylation sites (N-methyl/N-ethyl adjacent to an activating group) is 1. The Bertz CT molecular complexity index is 1410. The number of carbonyl (C=O) groups is 1. The van der Waals surface area contributed by atoms with E-state index in [2.05, 4.69) is 40.4 Å². The Hall–Kier alpha value is -2.75. The van der Waals surface area contributed by atoms with Gasteiger partial charge in [-0.3, -0.25) is 4.79 Å². The molecule has 3 saturated heterocycles. The summed E-state index contributed by atoms with van der Waals surface area (Å²) in [4.78, 5) is 28.5. The number of benzene rings is 1. The normalized spacial score (nSPS) is 23.1. The predicted octanol–water partition coefficient (Wildman–Crippen LogP) is 3.32. The lowest BCUT2D eigenvalue weighted by Gasteiger charge is -2.43. The minimum absolute atomic E-state index is 0.0308. The number of anilines is 1. The number of pyridine rings is 1. The van der Waals surface area contributed by atoms with Gasteiger partial charge in [-0.2, -0.15) is 0 Å². The molecule has 3 aromatic rings. The lowest BCUT2D eigenvalue weighted by Crippen LogP contribution is -2.57. The van der Waals surface area contributed by atoms with Crippen LogP contribution in [0.5, 0.6) is 0 Å². The fourth-order valence-electron chi connectivity index (χ4n) is 6.13. The van der Waals surface area contributed by atoms with E-state index in [4.69, 9.17) is 21.6 Å². The topological polar surface area (TPSA) is 69.5 Å². The van der Waals surface area contributed by atoms with Crippen LogP contribution in [-0.2, 0) is 11.2 Å². The first kappa shape index (κ1) is 24.6. The van der Waals surface area contributed by atoms with Gasteiger partial charge in [-0.05, 0) is 38.1 Å². The van der Waals surface area contributed by atoms with Gasteiger partial charge in [-0.1, -0.05) is 24.3 Å². The molecule has 3 unspecified atom stereocenters. The third-order valence-electron chi connectivity index (χ3n) is 8.44. The SMILES string of the molecule is C=Cc1cc(Cl)c(F)c2nc(N3CC(N(C)C)C3)c3nc(CCC(=O)N(C)C)n(C4C5CNC4C5)c3c12. The number of fused-ring (bicyclic) bond motifs is 4. The Morgan fingerprint density at radius 3 is 2.62 bits per heavy atom. The average Bonchev–Trinajstić information content (AvgIpc) is 3.54. The molecule has 2 bridgehead atoms. The van der Waals surface area contributed by atoms with Gasteiger partial charge in [0.15, 0.2) is 11.6 Å². The summed E-state index contributed by atoms with van der Waals surface area (Å²) in [5.74, 6) is 1.53. The van der Waals surface area contributed by atoms with Crippen LogP contribution in [0.1, 0.15) is 30.3 Å². The van der Waals surface area contributed by atoms with Crippen molar-refractivity contribution in [1.29, 1.82) is 0 Å². The summed E-state index contributed by atoms with van der Waals surface area (Å²) in [5, 5.41) is 4.33. The summed E-state index contributed by atoms with van der Waals surface area (Å²) < 4.78 is 17.9. The van der Waals surface area contributed by atoms with Crippen molar-refractivity contribution >= 4 is 51.3 Å². The molecule has 7 rings (SSSR count). The molecule has 4 fully saturated rings. The number of carbonyl (C=O) groups excluding carboxylic acids is 1. The van der Waals surface area contributed by atoms with E-state index in [9.17, 15) is 4.79 Å². The molecule has 1 aliphatic carbocycles. The van der Waals surface area contributed by atoms with E-state index >= 15 is 4.39 Å². The zero-order chi connectivity index (χ0) is 26.2. The van der Waals surface area contributed by atoms with E-state index in [-0.39, 0.29) is 22.5 Å². The molecule has 2 aromatic heterocycles. The van der Waals surface area contributed by atoms with Crippen LogP contribution in [-0.4, -0.2) is 90.2 Å².